The minimum atomic E-state index is -3.68. The van der Waals surface area contributed by atoms with E-state index in [9.17, 15) is 13.2 Å². The molecule has 0 aromatic heterocycles. The maximum absolute atomic E-state index is 11.9. The molecule has 0 bridgehead atoms. The Balaban J connectivity index is 2.73. The summed E-state index contributed by atoms with van der Waals surface area (Å²) in [6.07, 6.45) is 1.81. The molecule has 2 atom stereocenters. The fourth-order valence-corrected chi connectivity index (χ4v) is 2.46. The Labute approximate surface area is 120 Å². The van der Waals surface area contributed by atoms with Gasteiger partial charge in [0.2, 0.25) is 15.9 Å². The lowest BCUT2D eigenvalue weighted by Gasteiger charge is -2.17. The van der Waals surface area contributed by atoms with E-state index in [1.54, 1.807) is 12.1 Å². The minimum absolute atomic E-state index is 0.00914. The van der Waals surface area contributed by atoms with Gasteiger partial charge >= 0.3 is 0 Å². The number of carbonyl (C=O) groups excluding carboxylic acids is 1. The second-order valence-electron chi connectivity index (χ2n) is 5.03. The number of sulfonamides is 1. The van der Waals surface area contributed by atoms with Crippen LogP contribution in [0.5, 0.6) is 0 Å². The van der Waals surface area contributed by atoms with Crippen molar-refractivity contribution < 1.29 is 13.2 Å². The van der Waals surface area contributed by atoms with Gasteiger partial charge in [-0.25, -0.2) is 13.6 Å². The molecule has 3 N–H and O–H groups in total. The standard InChI is InChI=1S/C14H22N2O3S/c1-4-5-10(2)14(17)16-11(3)12-6-8-13(9-7-12)20(15,18)19/h6-11H,4-5H2,1-3H3,(H,16,17)(H2,15,18,19). The summed E-state index contributed by atoms with van der Waals surface area (Å²) in [4.78, 5) is 12.0. The van der Waals surface area contributed by atoms with E-state index >= 15 is 0 Å². The summed E-state index contributed by atoms with van der Waals surface area (Å²) in [5.41, 5.74) is 0.842. The van der Waals surface area contributed by atoms with Crippen molar-refractivity contribution in [3.05, 3.63) is 29.8 Å². The lowest BCUT2D eigenvalue weighted by Crippen LogP contribution is -2.31. The second kappa shape index (κ2) is 6.85. The van der Waals surface area contributed by atoms with E-state index in [4.69, 9.17) is 5.14 Å². The highest BCUT2D eigenvalue weighted by Crippen LogP contribution is 2.16. The first-order valence-corrected chi connectivity index (χ1v) is 8.23. The second-order valence-corrected chi connectivity index (χ2v) is 6.60. The van der Waals surface area contributed by atoms with Crippen LogP contribution in [0.15, 0.2) is 29.2 Å². The third-order valence-electron chi connectivity index (χ3n) is 3.24. The van der Waals surface area contributed by atoms with Crippen molar-refractivity contribution in [3.8, 4) is 0 Å². The van der Waals surface area contributed by atoms with Gasteiger partial charge in [-0.15, -0.1) is 0 Å². The van der Waals surface area contributed by atoms with Crippen molar-refractivity contribution in [2.24, 2.45) is 11.1 Å². The van der Waals surface area contributed by atoms with Crippen LogP contribution < -0.4 is 10.5 Å². The molecule has 0 aliphatic heterocycles. The number of rotatable bonds is 6. The van der Waals surface area contributed by atoms with Gasteiger partial charge < -0.3 is 5.32 Å². The summed E-state index contributed by atoms with van der Waals surface area (Å²) >= 11 is 0. The lowest BCUT2D eigenvalue weighted by molar-refractivity contribution is -0.125. The Hall–Kier alpha value is -1.40. The zero-order valence-electron chi connectivity index (χ0n) is 12.1. The quantitative estimate of drug-likeness (QED) is 0.841. The number of nitrogens with one attached hydrogen (secondary N) is 1. The number of hydrogen-bond donors (Lipinski definition) is 2. The van der Waals surface area contributed by atoms with Gasteiger partial charge in [-0.1, -0.05) is 32.4 Å². The van der Waals surface area contributed by atoms with Crippen molar-refractivity contribution in [2.75, 3.05) is 0 Å². The maximum Gasteiger partial charge on any atom is 0.238 e. The third-order valence-corrected chi connectivity index (χ3v) is 4.17. The highest BCUT2D eigenvalue weighted by atomic mass is 32.2. The number of hydrogen-bond acceptors (Lipinski definition) is 3. The van der Waals surface area contributed by atoms with Gasteiger partial charge in [-0.2, -0.15) is 0 Å². The summed E-state index contributed by atoms with van der Waals surface area (Å²) in [6, 6.07) is 6.05. The van der Waals surface area contributed by atoms with Gasteiger partial charge in [0.05, 0.1) is 10.9 Å². The molecule has 112 valence electrons. The molecular weight excluding hydrogens is 276 g/mol. The average Bonchev–Trinajstić information content (AvgIpc) is 2.38. The van der Waals surface area contributed by atoms with Crippen LogP contribution in [-0.4, -0.2) is 14.3 Å². The summed E-state index contributed by atoms with van der Waals surface area (Å²) < 4.78 is 22.3. The molecule has 2 unspecified atom stereocenters. The summed E-state index contributed by atoms with van der Waals surface area (Å²) in [5.74, 6) is -0.0129. The van der Waals surface area contributed by atoms with Crippen molar-refractivity contribution in [1.29, 1.82) is 0 Å². The molecule has 0 saturated carbocycles. The number of carbonyl (C=O) groups is 1. The van der Waals surface area contributed by atoms with E-state index in [0.29, 0.717) is 0 Å². The SMILES string of the molecule is CCCC(C)C(=O)NC(C)c1ccc(S(N)(=O)=O)cc1. The molecule has 0 aliphatic rings. The Kier molecular flexibility index (Phi) is 5.71. The first-order chi connectivity index (χ1) is 9.25. The molecule has 0 heterocycles. The smallest absolute Gasteiger partial charge is 0.238 e. The fourth-order valence-electron chi connectivity index (χ4n) is 1.95. The van der Waals surface area contributed by atoms with E-state index in [-0.39, 0.29) is 22.8 Å². The van der Waals surface area contributed by atoms with Crippen LogP contribution in [0.25, 0.3) is 0 Å². The number of primary sulfonamides is 1. The average molecular weight is 298 g/mol. The predicted molar refractivity (Wildman–Crippen MR) is 78.4 cm³/mol. The van der Waals surface area contributed by atoms with Crippen LogP contribution in [0, 0.1) is 5.92 Å². The fraction of sp³-hybridized carbons (Fsp3) is 0.500. The van der Waals surface area contributed by atoms with Gasteiger partial charge in [-0.3, -0.25) is 4.79 Å². The van der Waals surface area contributed by atoms with Crippen molar-refractivity contribution >= 4 is 15.9 Å². The molecule has 1 aromatic rings. The van der Waals surface area contributed by atoms with Crippen molar-refractivity contribution in [2.45, 2.75) is 44.6 Å². The maximum atomic E-state index is 11.9. The number of amides is 1. The van der Waals surface area contributed by atoms with E-state index in [1.807, 2.05) is 20.8 Å². The van der Waals surface area contributed by atoms with Crippen LogP contribution in [0.3, 0.4) is 0 Å². The van der Waals surface area contributed by atoms with Gasteiger partial charge in [0.15, 0.2) is 0 Å². The Morgan fingerprint density at radius 3 is 2.25 bits per heavy atom. The molecule has 6 heteroatoms. The third kappa shape index (κ3) is 4.61. The van der Waals surface area contributed by atoms with Gasteiger partial charge in [0.1, 0.15) is 0 Å². The molecule has 1 rings (SSSR count). The van der Waals surface area contributed by atoms with E-state index < -0.39 is 10.0 Å². The van der Waals surface area contributed by atoms with Crippen LogP contribution in [0.1, 0.15) is 45.2 Å². The number of benzene rings is 1. The molecule has 1 aromatic carbocycles. The van der Waals surface area contributed by atoms with Crippen LogP contribution >= 0.6 is 0 Å². The van der Waals surface area contributed by atoms with Crippen molar-refractivity contribution in [1.82, 2.24) is 5.32 Å². The molecule has 20 heavy (non-hydrogen) atoms. The van der Waals surface area contributed by atoms with Crippen LogP contribution in [0.4, 0.5) is 0 Å². The topological polar surface area (TPSA) is 89.3 Å². The van der Waals surface area contributed by atoms with E-state index in [0.717, 1.165) is 18.4 Å². The van der Waals surface area contributed by atoms with E-state index in [2.05, 4.69) is 5.32 Å². The Morgan fingerprint density at radius 2 is 1.80 bits per heavy atom. The monoisotopic (exact) mass is 298 g/mol. The molecule has 0 aliphatic carbocycles. The molecule has 0 saturated heterocycles. The summed E-state index contributed by atoms with van der Waals surface area (Å²) in [6.45, 7) is 5.80. The van der Waals surface area contributed by atoms with E-state index in [1.165, 1.54) is 12.1 Å². The van der Waals surface area contributed by atoms with Gasteiger partial charge in [0.25, 0.3) is 0 Å². The Bertz CT molecular complexity index is 552. The molecule has 0 fully saturated rings. The molecule has 0 radical (unpaired) electrons. The largest absolute Gasteiger partial charge is 0.349 e. The minimum Gasteiger partial charge on any atom is -0.349 e. The lowest BCUT2D eigenvalue weighted by atomic mass is 10.0. The zero-order chi connectivity index (χ0) is 15.3. The Morgan fingerprint density at radius 1 is 1.25 bits per heavy atom. The highest BCUT2D eigenvalue weighted by molar-refractivity contribution is 7.89. The first kappa shape index (κ1) is 16.7. The molecule has 0 spiro atoms. The highest BCUT2D eigenvalue weighted by Gasteiger charge is 2.16. The summed E-state index contributed by atoms with van der Waals surface area (Å²) in [7, 11) is -3.68. The molecule has 5 nitrogen and oxygen atoms in total. The predicted octanol–water partition coefficient (Wildman–Crippen LogP) is 1.95. The van der Waals surface area contributed by atoms with Gasteiger partial charge in [0, 0.05) is 5.92 Å². The van der Waals surface area contributed by atoms with Crippen molar-refractivity contribution in [3.63, 3.8) is 0 Å². The summed E-state index contributed by atoms with van der Waals surface area (Å²) in [5, 5.41) is 7.96. The van der Waals surface area contributed by atoms with Gasteiger partial charge in [-0.05, 0) is 31.0 Å². The van der Waals surface area contributed by atoms with Crippen LogP contribution in [-0.2, 0) is 14.8 Å². The zero-order valence-corrected chi connectivity index (χ0v) is 12.9. The first-order valence-electron chi connectivity index (χ1n) is 6.68. The normalized spacial score (nSPS) is 14.6. The molecular formula is C14H22N2O3S. The van der Waals surface area contributed by atoms with Crippen LogP contribution in [0.2, 0.25) is 0 Å². The number of nitrogens with two attached hydrogens (primary N) is 1. The molecule has 1 amide bonds.